The van der Waals surface area contributed by atoms with Crippen LogP contribution in [0.1, 0.15) is 50.2 Å². The molecule has 0 radical (unpaired) electrons. The van der Waals surface area contributed by atoms with E-state index < -0.39 is 11.6 Å². The van der Waals surface area contributed by atoms with Gasteiger partial charge in [-0.15, -0.1) is 0 Å². The number of carbonyl (C=O) groups excluding carboxylic acids is 3. The average molecular weight is 367 g/mol. The van der Waals surface area contributed by atoms with Crippen molar-refractivity contribution >= 4 is 17.8 Å². The summed E-state index contributed by atoms with van der Waals surface area (Å²) in [5.41, 5.74) is 1.96. The predicted molar refractivity (Wildman–Crippen MR) is 101 cm³/mol. The summed E-state index contributed by atoms with van der Waals surface area (Å²) < 4.78 is 0. The molecular formula is C21H25N3O3. The fourth-order valence-electron chi connectivity index (χ4n) is 4.56. The summed E-state index contributed by atoms with van der Waals surface area (Å²) in [4.78, 5) is 41.5. The summed E-state index contributed by atoms with van der Waals surface area (Å²) in [6.45, 7) is 2.26. The summed E-state index contributed by atoms with van der Waals surface area (Å²) in [5.74, 6) is -0.503. The van der Waals surface area contributed by atoms with Gasteiger partial charge >= 0.3 is 6.03 Å². The Hall–Kier alpha value is -2.63. The Morgan fingerprint density at radius 1 is 1.22 bits per heavy atom. The molecule has 1 spiro atoms. The Bertz CT molecular complexity index is 832. The number of hydrogen-bond donors (Lipinski definition) is 1. The van der Waals surface area contributed by atoms with Gasteiger partial charge in [-0.05, 0) is 56.6 Å². The molecule has 6 heteroatoms. The first-order chi connectivity index (χ1) is 13.1. The van der Waals surface area contributed by atoms with Gasteiger partial charge in [-0.1, -0.05) is 30.3 Å². The van der Waals surface area contributed by atoms with Crippen molar-refractivity contribution in [3.05, 3.63) is 47.2 Å². The van der Waals surface area contributed by atoms with Gasteiger partial charge in [-0.25, -0.2) is 4.79 Å². The highest BCUT2D eigenvalue weighted by atomic mass is 16.2. The topological polar surface area (TPSA) is 69.7 Å². The first-order valence-electron chi connectivity index (χ1n) is 9.78. The van der Waals surface area contributed by atoms with Crippen molar-refractivity contribution in [2.24, 2.45) is 0 Å². The van der Waals surface area contributed by atoms with Crippen molar-refractivity contribution in [2.45, 2.75) is 51.0 Å². The molecule has 1 aliphatic heterocycles. The smallest absolute Gasteiger partial charge is 0.319 e. The van der Waals surface area contributed by atoms with E-state index in [2.05, 4.69) is 11.4 Å². The molecule has 142 valence electrons. The number of amides is 4. The van der Waals surface area contributed by atoms with Gasteiger partial charge < -0.3 is 10.2 Å². The van der Waals surface area contributed by atoms with Gasteiger partial charge in [0.05, 0.1) is 0 Å². The van der Waals surface area contributed by atoms with E-state index in [-0.39, 0.29) is 18.4 Å². The van der Waals surface area contributed by atoms with Gasteiger partial charge in [0, 0.05) is 12.2 Å². The van der Waals surface area contributed by atoms with Gasteiger partial charge in [0.2, 0.25) is 5.91 Å². The van der Waals surface area contributed by atoms with Crippen molar-refractivity contribution < 1.29 is 14.4 Å². The van der Waals surface area contributed by atoms with Gasteiger partial charge in [-0.3, -0.25) is 14.5 Å². The van der Waals surface area contributed by atoms with Crippen LogP contribution < -0.4 is 5.32 Å². The lowest BCUT2D eigenvalue weighted by Crippen LogP contribution is -2.44. The summed E-state index contributed by atoms with van der Waals surface area (Å²) >= 11 is 0. The summed E-state index contributed by atoms with van der Waals surface area (Å²) in [5, 5.41) is 2.88. The maximum atomic E-state index is 13.2. The van der Waals surface area contributed by atoms with E-state index in [1.54, 1.807) is 4.90 Å². The van der Waals surface area contributed by atoms with Crippen LogP contribution in [-0.4, -0.2) is 40.7 Å². The average Bonchev–Trinajstić information content (AvgIpc) is 3.17. The Morgan fingerprint density at radius 3 is 2.78 bits per heavy atom. The molecule has 1 atom stereocenters. The Morgan fingerprint density at radius 2 is 2.04 bits per heavy atom. The lowest BCUT2D eigenvalue weighted by molar-refractivity contribution is -0.138. The number of allylic oxidation sites excluding steroid dienone is 2. The fraction of sp³-hybridized carbons (Fsp3) is 0.476. The highest BCUT2D eigenvalue weighted by Crippen LogP contribution is 2.41. The van der Waals surface area contributed by atoms with Gasteiger partial charge in [0.1, 0.15) is 12.1 Å². The van der Waals surface area contributed by atoms with Crippen molar-refractivity contribution in [3.63, 3.8) is 0 Å². The number of rotatable bonds is 4. The van der Waals surface area contributed by atoms with E-state index in [0.29, 0.717) is 13.0 Å². The van der Waals surface area contributed by atoms with Gasteiger partial charge in [0.25, 0.3) is 5.91 Å². The van der Waals surface area contributed by atoms with Crippen LogP contribution >= 0.6 is 0 Å². The second kappa shape index (κ2) is 6.83. The monoisotopic (exact) mass is 367 g/mol. The lowest BCUT2D eigenvalue weighted by Gasteiger charge is -2.28. The van der Waals surface area contributed by atoms with Crippen LogP contribution in [-0.2, 0) is 21.5 Å². The first kappa shape index (κ1) is 17.8. The number of fused-ring (bicyclic) bond motifs is 2. The fourth-order valence-corrected chi connectivity index (χ4v) is 4.56. The number of aryl methyl sites for hydroxylation is 1. The standard InChI is InChI=1S/C21H25N3O3/c1-2-23(16-9-4-3-5-10-16)18(25)14-24-19(26)21(22-20(24)27)13-12-15-8-6-7-11-17(15)21/h6-9,11H,2-5,10,12-14H2,1H3,(H,22,27). The van der Waals surface area contributed by atoms with E-state index in [9.17, 15) is 14.4 Å². The van der Waals surface area contributed by atoms with Gasteiger partial charge in [0.15, 0.2) is 0 Å². The Labute approximate surface area is 159 Å². The first-order valence-corrected chi connectivity index (χ1v) is 9.78. The lowest BCUT2D eigenvalue weighted by atomic mass is 9.92. The molecule has 0 bridgehead atoms. The Kier molecular flexibility index (Phi) is 4.50. The van der Waals surface area contributed by atoms with Crippen molar-refractivity contribution in [2.75, 3.05) is 13.1 Å². The minimum absolute atomic E-state index is 0.197. The summed E-state index contributed by atoms with van der Waals surface area (Å²) in [6, 6.07) is 7.24. The third kappa shape index (κ3) is 2.83. The molecule has 1 fully saturated rings. The second-order valence-electron chi connectivity index (χ2n) is 7.46. The summed E-state index contributed by atoms with van der Waals surface area (Å²) in [7, 11) is 0. The molecule has 1 aromatic rings. The van der Waals surface area contributed by atoms with Gasteiger partial charge in [-0.2, -0.15) is 0 Å². The molecule has 1 saturated heterocycles. The number of benzene rings is 1. The van der Waals surface area contributed by atoms with E-state index >= 15 is 0 Å². The van der Waals surface area contributed by atoms with E-state index in [0.717, 1.165) is 53.8 Å². The largest absolute Gasteiger partial charge is 0.325 e. The molecule has 1 heterocycles. The minimum Gasteiger partial charge on any atom is -0.319 e. The normalized spacial score (nSPS) is 24.0. The number of urea groups is 1. The van der Waals surface area contributed by atoms with Crippen LogP contribution in [0.2, 0.25) is 0 Å². The van der Waals surface area contributed by atoms with E-state index in [1.165, 1.54) is 0 Å². The van der Waals surface area contributed by atoms with E-state index in [1.807, 2.05) is 31.2 Å². The quantitative estimate of drug-likeness (QED) is 0.832. The molecule has 4 amide bonds. The van der Waals surface area contributed by atoms with Crippen LogP contribution in [0.4, 0.5) is 4.79 Å². The second-order valence-corrected chi connectivity index (χ2v) is 7.46. The number of nitrogens with one attached hydrogen (secondary N) is 1. The minimum atomic E-state index is -1.00. The maximum Gasteiger partial charge on any atom is 0.325 e. The number of nitrogens with zero attached hydrogens (tertiary/aromatic N) is 2. The third-order valence-corrected chi connectivity index (χ3v) is 5.95. The molecule has 1 unspecified atom stereocenters. The highest BCUT2D eigenvalue weighted by molar-refractivity contribution is 6.10. The van der Waals surface area contributed by atoms with Crippen LogP contribution in [0.15, 0.2) is 36.0 Å². The Balaban J connectivity index is 1.55. The molecule has 1 aromatic carbocycles. The highest BCUT2D eigenvalue weighted by Gasteiger charge is 2.55. The van der Waals surface area contributed by atoms with Crippen molar-refractivity contribution in [1.82, 2.24) is 15.1 Å². The van der Waals surface area contributed by atoms with Crippen LogP contribution in [0.25, 0.3) is 0 Å². The molecule has 6 nitrogen and oxygen atoms in total. The van der Waals surface area contributed by atoms with Crippen molar-refractivity contribution in [1.29, 1.82) is 0 Å². The molecule has 27 heavy (non-hydrogen) atoms. The zero-order valence-electron chi connectivity index (χ0n) is 15.7. The number of carbonyl (C=O) groups is 3. The molecule has 3 aliphatic rings. The number of hydrogen-bond acceptors (Lipinski definition) is 3. The zero-order chi connectivity index (χ0) is 19.0. The van der Waals surface area contributed by atoms with Crippen LogP contribution in [0, 0.1) is 0 Å². The third-order valence-electron chi connectivity index (χ3n) is 5.95. The molecule has 4 rings (SSSR count). The summed E-state index contributed by atoms with van der Waals surface area (Å²) in [6.07, 6.45) is 7.45. The molecular weight excluding hydrogens is 342 g/mol. The molecule has 0 aromatic heterocycles. The maximum absolute atomic E-state index is 13.2. The van der Waals surface area contributed by atoms with Crippen molar-refractivity contribution in [3.8, 4) is 0 Å². The SMILES string of the molecule is CCN(C(=O)CN1C(=O)NC2(CCc3ccccc32)C1=O)C1=CCCCC1. The zero-order valence-corrected chi connectivity index (χ0v) is 15.7. The number of likely N-dealkylation sites (N-methyl/N-ethyl adjacent to an activating group) is 1. The molecule has 1 N–H and O–H groups in total. The van der Waals surface area contributed by atoms with E-state index in [4.69, 9.17) is 0 Å². The predicted octanol–water partition coefficient (Wildman–Crippen LogP) is 2.69. The van der Waals surface area contributed by atoms with Crippen LogP contribution in [0.3, 0.4) is 0 Å². The molecule has 0 saturated carbocycles. The molecule has 2 aliphatic carbocycles. The van der Waals surface area contributed by atoms with Crippen LogP contribution in [0.5, 0.6) is 0 Å². The number of imide groups is 1.